The van der Waals surface area contributed by atoms with Gasteiger partial charge in [0.2, 0.25) is 0 Å². The van der Waals surface area contributed by atoms with E-state index in [-0.39, 0.29) is 11.8 Å². The minimum Gasteiger partial charge on any atom is -0.386 e. The maximum atomic E-state index is 12.5. The number of nitrogens with zero attached hydrogens (tertiary/aromatic N) is 1. The number of anilines is 1. The Hall–Kier alpha value is -2.24. The number of carbonyl (C=O) groups excluding carboxylic acids is 1. The largest absolute Gasteiger partial charge is 0.386 e. The van der Waals surface area contributed by atoms with Gasteiger partial charge in [0.25, 0.3) is 0 Å². The van der Waals surface area contributed by atoms with Crippen molar-refractivity contribution in [3.8, 4) is 6.07 Å². The van der Waals surface area contributed by atoms with Crippen molar-refractivity contribution in [2.75, 3.05) is 5.32 Å². The third-order valence-corrected chi connectivity index (χ3v) is 5.47. The molecule has 3 N–H and O–H groups in total. The summed E-state index contributed by atoms with van der Waals surface area (Å²) in [6, 6.07) is 10.2. The van der Waals surface area contributed by atoms with Gasteiger partial charge in [-0.25, -0.2) is 10.3 Å². The molecule has 0 saturated heterocycles. The van der Waals surface area contributed by atoms with Crippen molar-refractivity contribution in [3.05, 3.63) is 57.6 Å². The number of hydrogen-bond acceptors (Lipinski definition) is 5. The van der Waals surface area contributed by atoms with Gasteiger partial charge in [0.15, 0.2) is 0 Å². The third-order valence-electron chi connectivity index (χ3n) is 4.66. The number of urea groups is 1. The molecule has 0 heterocycles. The number of halogens is 1. The summed E-state index contributed by atoms with van der Waals surface area (Å²) in [6.45, 7) is 11.4. The maximum absolute atomic E-state index is 12.5. The number of rotatable bonds is 7. The van der Waals surface area contributed by atoms with Crippen LogP contribution in [0, 0.1) is 11.3 Å². The van der Waals surface area contributed by atoms with Crippen LogP contribution < -0.4 is 10.8 Å². The number of nitriles is 1. The van der Waals surface area contributed by atoms with Gasteiger partial charge in [-0.1, -0.05) is 39.3 Å². The zero-order valence-corrected chi connectivity index (χ0v) is 20.1. The molecular weight excluding hydrogens is 434 g/mol. The van der Waals surface area contributed by atoms with E-state index < -0.39 is 11.6 Å². The highest BCUT2D eigenvalue weighted by Crippen LogP contribution is 2.35. The maximum Gasteiger partial charge on any atom is 0.344 e. The van der Waals surface area contributed by atoms with Gasteiger partial charge in [0.1, 0.15) is 0 Å². The number of nitrogens with one attached hydrogen (secondary N) is 2. The van der Waals surface area contributed by atoms with E-state index in [0.717, 1.165) is 28.9 Å². The van der Waals surface area contributed by atoms with Gasteiger partial charge in [-0.05, 0) is 72.7 Å². The molecule has 2 aromatic carbocycles. The predicted molar refractivity (Wildman–Crippen MR) is 125 cm³/mol. The molecule has 0 unspecified atom stereocenters. The highest BCUT2D eigenvalue weighted by molar-refractivity contribution is 7.94. The Morgan fingerprint density at radius 3 is 2.19 bits per heavy atom. The molecule has 2 aromatic rings. The lowest BCUT2D eigenvalue weighted by Crippen LogP contribution is -2.28. The van der Waals surface area contributed by atoms with Crippen LogP contribution in [0.5, 0.6) is 0 Å². The number of aliphatic hydroxyl groups is 1. The average Bonchev–Trinajstić information content (AvgIpc) is 2.67. The standard InChI is InChI=1S/C23H28ClN3O3S/c1-13(2)19-10-17(24)11-20(14(3)4)21(19)26-22(28)27-30-31-18-8-15(12-25)7-16(9-18)23(5,6)29/h7-11,13-14,29H,1-6H3,(H2,26,27,28). The van der Waals surface area contributed by atoms with Crippen molar-refractivity contribution in [3.63, 3.8) is 0 Å². The fourth-order valence-electron chi connectivity index (χ4n) is 3.02. The van der Waals surface area contributed by atoms with E-state index in [4.69, 9.17) is 15.9 Å². The van der Waals surface area contributed by atoms with E-state index in [2.05, 4.69) is 16.9 Å². The summed E-state index contributed by atoms with van der Waals surface area (Å²) < 4.78 is 5.28. The van der Waals surface area contributed by atoms with Crippen molar-refractivity contribution >= 4 is 35.4 Å². The molecule has 0 radical (unpaired) electrons. The summed E-state index contributed by atoms with van der Waals surface area (Å²) in [7, 11) is 0. The summed E-state index contributed by atoms with van der Waals surface area (Å²) in [5, 5.41) is 22.9. The second-order valence-electron chi connectivity index (χ2n) is 8.41. The molecule has 0 bridgehead atoms. The third kappa shape index (κ3) is 6.88. The van der Waals surface area contributed by atoms with Gasteiger partial charge < -0.3 is 10.4 Å². The number of carbonyl (C=O) groups is 1. The van der Waals surface area contributed by atoms with Crippen LogP contribution in [0.4, 0.5) is 10.5 Å². The Labute approximate surface area is 193 Å². The smallest absolute Gasteiger partial charge is 0.344 e. The zero-order valence-electron chi connectivity index (χ0n) is 18.5. The molecule has 0 aromatic heterocycles. The number of amides is 2. The Morgan fingerprint density at radius 2 is 1.71 bits per heavy atom. The Balaban J connectivity index is 2.13. The van der Waals surface area contributed by atoms with Crippen molar-refractivity contribution in [2.24, 2.45) is 0 Å². The van der Waals surface area contributed by atoms with Crippen LogP contribution in [0.15, 0.2) is 35.2 Å². The molecule has 31 heavy (non-hydrogen) atoms. The average molecular weight is 462 g/mol. The van der Waals surface area contributed by atoms with Gasteiger partial charge in [-0.3, -0.25) is 0 Å². The van der Waals surface area contributed by atoms with E-state index in [0.29, 0.717) is 21.0 Å². The van der Waals surface area contributed by atoms with Crippen LogP contribution >= 0.6 is 23.6 Å². The van der Waals surface area contributed by atoms with E-state index >= 15 is 0 Å². The quantitative estimate of drug-likeness (QED) is 0.325. The van der Waals surface area contributed by atoms with Crippen LogP contribution in [0.2, 0.25) is 5.02 Å². The monoisotopic (exact) mass is 461 g/mol. The molecule has 0 aliphatic heterocycles. The van der Waals surface area contributed by atoms with E-state index in [1.165, 1.54) is 0 Å². The van der Waals surface area contributed by atoms with Crippen LogP contribution in [0.3, 0.4) is 0 Å². The molecule has 0 fully saturated rings. The molecule has 0 spiro atoms. The Bertz CT molecular complexity index is 966. The fourth-order valence-corrected chi connectivity index (χ4v) is 3.81. The van der Waals surface area contributed by atoms with Crippen LogP contribution in [-0.2, 0) is 9.88 Å². The molecule has 0 saturated carbocycles. The van der Waals surface area contributed by atoms with Crippen molar-refractivity contribution in [1.82, 2.24) is 5.48 Å². The minimum absolute atomic E-state index is 0.163. The fraction of sp³-hybridized carbons (Fsp3) is 0.391. The van der Waals surface area contributed by atoms with Gasteiger partial charge in [0.05, 0.1) is 29.3 Å². The summed E-state index contributed by atoms with van der Waals surface area (Å²) >= 11 is 7.16. The van der Waals surface area contributed by atoms with Gasteiger partial charge >= 0.3 is 6.03 Å². The van der Waals surface area contributed by atoms with Crippen molar-refractivity contribution < 1.29 is 14.2 Å². The van der Waals surface area contributed by atoms with E-state index in [1.54, 1.807) is 32.0 Å². The van der Waals surface area contributed by atoms with Crippen molar-refractivity contribution in [1.29, 1.82) is 5.26 Å². The molecule has 2 rings (SSSR count). The van der Waals surface area contributed by atoms with Gasteiger partial charge in [-0.15, -0.1) is 0 Å². The normalized spacial score (nSPS) is 11.5. The minimum atomic E-state index is -1.11. The summed E-state index contributed by atoms with van der Waals surface area (Å²) in [5.74, 6) is 0.326. The SMILES string of the molecule is CC(C)c1cc(Cl)cc(C(C)C)c1NC(=O)NOSc1cc(C#N)cc(C(C)(C)O)c1. The molecule has 0 atom stereocenters. The van der Waals surface area contributed by atoms with Crippen molar-refractivity contribution in [2.45, 2.75) is 63.9 Å². The highest BCUT2D eigenvalue weighted by atomic mass is 35.5. The molecule has 6 nitrogen and oxygen atoms in total. The molecule has 166 valence electrons. The van der Waals surface area contributed by atoms with Crippen LogP contribution in [0.25, 0.3) is 0 Å². The lowest BCUT2D eigenvalue weighted by Gasteiger charge is -2.21. The molecular formula is C23H28ClN3O3S. The van der Waals surface area contributed by atoms with E-state index in [1.807, 2.05) is 39.8 Å². The first kappa shape index (κ1) is 25.0. The lowest BCUT2D eigenvalue weighted by atomic mass is 9.92. The Kier molecular flexibility index (Phi) is 8.38. The first-order valence-electron chi connectivity index (χ1n) is 9.94. The first-order valence-corrected chi connectivity index (χ1v) is 11.1. The number of benzene rings is 2. The molecule has 0 aliphatic carbocycles. The number of hydroxylamine groups is 1. The summed E-state index contributed by atoms with van der Waals surface area (Å²) in [4.78, 5) is 13.1. The highest BCUT2D eigenvalue weighted by Gasteiger charge is 2.19. The second kappa shape index (κ2) is 10.4. The summed E-state index contributed by atoms with van der Waals surface area (Å²) in [6.07, 6.45) is 0. The predicted octanol–water partition coefficient (Wildman–Crippen LogP) is 6.45. The molecule has 8 heteroatoms. The topological polar surface area (TPSA) is 94.4 Å². The first-order chi connectivity index (χ1) is 14.4. The molecule has 2 amide bonds. The van der Waals surface area contributed by atoms with Crippen LogP contribution in [0.1, 0.15) is 75.6 Å². The number of hydrogen-bond donors (Lipinski definition) is 3. The van der Waals surface area contributed by atoms with Crippen LogP contribution in [-0.4, -0.2) is 11.1 Å². The zero-order chi connectivity index (χ0) is 23.3. The second-order valence-corrected chi connectivity index (χ2v) is 9.65. The molecule has 0 aliphatic rings. The van der Waals surface area contributed by atoms with Gasteiger partial charge in [-0.2, -0.15) is 9.55 Å². The van der Waals surface area contributed by atoms with E-state index in [9.17, 15) is 15.2 Å². The lowest BCUT2D eigenvalue weighted by molar-refractivity contribution is 0.0783. The summed E-state index contributed by atoms with van der Waals surface area (Å²) in [5.41, 5.74) is 4.81. The Morgan fingerprint density at radius 1 is 1.13 bits per heavy atom. The van der Waals surface area contributed by atoms with Gasteiger partial charge in [0, 0.05) is 15.6 Å².